The first-order chi connectivity index (χ1) is 9.10. The van der Waals surface area contributed by atoms with E-state index >= 15 is 0 Å². The second-order valence-corrected chi connectivity index (χ2v) is 3.92. The van der Waals surface area contributed by atoms with Gasteiger partial charge in [0.2, 0.25) is 11.6 Å². The van der Waals surface area contributed by atoms with Gasteiger partial charge >= 0.3 is 5.69 Å². The number of nitrogens with zero attached hydrogens (tertiary/aromatic N) is 2. The molecule has 0 spiro atoms. The molecule has 0 unspecified atom stereocenters. The van der Waals surface area contributed by atoms with Gasteiger partial charge in [0.15, 0.2) is 0 Å². The van der Waals surface area contributed by atoms with Gasteiger partial charge in [-0.25, -0.2) is 0 Å². The number of hydrogen-bond donors (Lipinski definition) is 1. The fraction of sp³-hybridized carbons (Fsp3) is 0.154. The van der Waals surface area contributed by atoms with Crippen molar-refractivity contribution in [2.24, 2.45) is 0 Å². The van der Waals surface area contributed by atoms with Crippen molar-refractivity contribution in [3.63, 3.8) is 0 Å². The average Bonchev–Trinajstić information content (AvgIpc) is 2.39. The molecule has 0 aliphatic heterocycles. The maximum Gasteiger partial charge on any atom is 0.311 e. The normalized spacial score (nSPS) is 10.2. The van der Waals surface area contributed by atoms with Crippen molar-refractivity contribution in [1.29, 1.82) is 0 Å². The molecule has 1 aromatic carbocycles. The van der Waals surface area contributed by atoms with E-state index in [1.165, 1.54) is 6.07 Å². The lowest BCUT2D eigenvalue weighted by atomic mass is 10.1. The molecule has 0 atom stereocenters. The number of nitro benzene ring substituents is 1. The number of aryl methyl sites for hydroxylation is 1. The topological polar surface area (TPSA) is 91.3 Å². The number of benzene rings is 1. The monoisotopic (exact) mass is 259 g/mol. The molecule has 0 aliphatic rings. The molecule has 0 amide bonds. The summed E-state index contributed by atoms with van der Waals surface area (Å²) >= 11 is 0. The van der Waals surface area contributed by atoms with Crippen LogP contribution < -0.4 is 10.5 Å². The summed E-state index contributed by atoms with van der Waals surface area (Å²) in [5.41, 5.74) is 6.33. The van der Waals surface area contributed by atoms with Crippen LogP contribution >= 0.6 is 0 Å². The van der Waals surface area contributed by atoms with E-state index in [-0.39, 0.29) is 17.3 Å². The molecule has 6 nitrogen and oxygen atoms in total. The number of nitrogens with two attached hydrogens (primary N) is 1. The highest BCUT2D eigenvalue weighted by Crippen LogP contribution is 2.31. The van der Waals surface area contributed by atoms with E-state index in [1.54, 1.807) is 30.3 Å². The summed E-state index contributed by atoms with van der Waals surface area (Å²) in [6, 6.07) is 9.73. The SMILES string of the molecule is CCc1ccc(Oc2cccc(N)n2)c([N+](=O)[O-])c1. The van der Waals surface area contributed by atoms with E-state index in [0.717, 1.165) is 12.0 Å². The van der Waals surface area contributed by atoms with Crippen LogP contribution in [-0.4, -0.2) is 9.91 Å². The quantitative estimate of drug-likeness (QED) is 0.673. The first-order valence-corrected chi connectivity index (χ1v) is 5.78. The maximum atomic E-state index is 11.0. The highest BCUT2D eigenvalue weighted by atomic mass is 16.6. The molecule has 0 fully saturated rings. The third kappa shape index (κ3) is 2.98. The number of rotatable bonds is 4. The fourth-order valence-electron chi connectivity index (χ4n) is 1.61. The maximum absolute atomic E-state index is 11.0. The molecule has 6 heteroatoms. The van der Waals surface area contributed by atoms with Crippen molar-refractivity contribution in [2.75, 3.05) is 5.73 Å². The second kappa shape index (κ2) is 5.34. The molecule has 1 heterocycles. The predicted octanol–water partition coefficient (Wildman–Crippen LogP) is 2.93. The zero-order valence-electron chi connectivity index (χ0n) is 10.4. The number of aromatic nitrogens is 1. The fourth-order valence-corrected chi connectivity index (χ4v) is 1.61. The minimum atomic E-state index is -0.471. The first kappa shape index (κ1) is 12.8. The molecule has 1 aromatic heterocycles. The van der Waals surface area contributed by atoms with Gasteiger partial charge in [0.05, 0.1) is 4.92 Å². The average molecular weight is 259 g/mol. The molecule has 0 saturated carbocycles. The summed E-state index contributed by atoms with van der Waals surface area (Å²) in [5.74, 6) is 0.679. The van der Waals surface area contributed by atoms with Gasteiger partial charge in [-0.3, -0.25) is 10.1 Å². The summed E-state index contributed by atoms with van der Waals surface area (Å²) in [7, 11) is 0. The number of nitrogen functional groups attached to an aromatic ring is 1. The summed E-state index contributed by atoms with van der Waals surface area (Å²) in [4.78, 5) is 14.5. The van der Waals surface area contributed by atoms with Crippen LogP contribution in [0.3, 0.4) is 0 Å². The standard InChI is InChI=1S/C13H13N3O3/c1-2-9-6-7-11(10(8-9)16(17)18)19-13-5-3-4-12(14)15-13/h3-8H,2H2,1H3,(H2,14,15). The van der Waals surface area contributed by atoms with E-state index in [2.05, 4.69) is 4.98 Å². The molecule has 19 heavy (non-hydrogen) atoms. The van der Waals surface area contributed by atoms with Crippen LogP contribution in [0.5, 0.6) is 11.6 Å². The highest BCUT2D eigenvalue weighted by Gasteiger charge is 2.16. The number of nitro groups is 1. The van der Waals surface area contributed by atoms with Gasteiger partial charge in [-0.2, -0.15) is 4.98 Å². The Kier molecular flexibility index (Phi) is 3.61. The van der Waals surface area contributed by atoms with Gasteiger partial charge in [-0.1, -0.05) is 19.1 Å². The molecule has 0 radical (unpaired) electrons. The number of anilines is 1. The van der Waals surface area contributed by atoms with Crippen LogP contribution in [-0.2, 0) is 6.42 Å². The Labute approximate surface area is 110 Å². The summed E-state index contributed by atoms with van der Waals surface area (Å²) in [5, 5.41) is 11.0. The molecular weight excluding hydrogens is 246 g/mol. The smallest absolute Gasteiger partial charge is 0.311 e. The van der Waals surface area contributed by atoms with E-state index in [0.29, 0.717) is 5.82 Å². The molecule has 2 aromatic rings. The molecule has 0 aliphatic carbocycles. The van der Waals surface area contributed by atoms with Crippen LogP contribution in [0.25, 0.3) is 0 Å². The predicted molar refractivity (Wildman–Crippen MR) is 71.2 cm³/mol. The molecule has 2 rings (SSSR count). The van der Waals surface area contributed by atoms with Gasteiger partial charge in [-0.05, 0) is 24.1 Å². The Morgan fingerprint density at radius 3 is 2.79 bits per heavy atom. The first-order valence-electron chi connectivity index (χ1n) is 5.78. The molecule has 98 valence electrons. The van der Waals surface area contributed by atoms with Crippen LogP contribution in [0.4, 0.5) is 11.5 Å². The Hall–Kier alpha value is -2.63. The van der Waals surface area contributed by atoms with E-state index in [9.17, 15) is 10.1 Å². The van der Waals surface area contributed by atoms with E-state index < -0.39 is 4.92 Å². The minimum Gasteiger partial charge on any atom is -0.432 e. The van der Waals surface area contributed by atoms with Crippen molar-refractivity contribution in [2.45, 2.75) is 13.3 Å². The van der Waals surface area contributed by atoms with Crippen LogP contribution in [0.2, 0.25) is 0 Å². The van der Waals surface area contributed by atoms with Crippen molar-refractivity contribution >= 4 is 11.5 Å². The van der Waals surface area contributed by atoms with Gasteiger partial charge in [0, 0.05) is 12.1 Å². The van der Waals surface area contributed by atoms with Gasteiger partial charge in [0.25, 0.3) is 0 Å². The summed E-state index contributed by atoms with van der Waals surface area (Å²) < 4.78 is 5.42. The van der Waals surface area contributed by atoms with Crippen LogP contribution in [0.1, 0.15) is 12.5 Å². The van der Waals surface area contributed by atoms with Gasteiger partial charge in [0.1, 0.15) is 5.82 Å². The molecule has 0 bridgehead atoms. The third-order valence-electron chi connectivity index (χ3n) is 2.59. The third-order valence-corrected chi connectivity index (χ3v) is 2.59. The summed E-state index contributed by atoms with van der Waals surface area (Å²) in [6.45, 7) is 1.93. The zero-order valence-corrected chi connectivity index (χ0v) is 10.4. The molecule has 2 N–H and O–H groups in total. The van der Waals surface area contributed by atoms with Crippen LogP contribution in [0.15, 0.2) is 36.4 Å². The zero-order chi connectivity index (χ0) is 13.8. The Bertz CT molecular complexity index is 614. The molecule has 0 saturated heterocycles. The van der Waals surface area contributed by atoms with Gasteiger partial charge in [-0.15, -0.1) is 0 Å². The Balaban J connectivity index is 2.36. The van der Waals surface area contributed by atoms with E-state index in [1.807, 2.05) is 6.92 Å². The largest absolute Gasteiger partial charge is 0.432 e. The lowest BCUT2D eigenvalue weighted by Crippen LogP contribution is -1.97. The van der Waals surface area contributed by atoms with Crippen molar-refractivity contribution < 1.29 is 9.66 Å². The summed E-state index contributed by atoms with van der Waals surface area (Å²) in [6.07, 6.45) is 0.720. The Morgan fingerprint density at radius 2 is 2.16 bits per heavy atom. The number of hydrogen-bond acceptors (Lipinski definition) is 5. The van der Waals surface area contributed by atoms with Crippen molar-refractivity contribution in [3.8, 4) is 11.6 Å². The van der Waals surface area contributed by atoms with Crippen molar-refractivity contribution in [3.05, 3.63) is 52.1 Å². The van der Waals surface area contributed by atoms with Gasteiger partial charge < -0.3 is 10.5 Å². The minimum absolute atomic E-state index is 0.0800. The lowest BCUT2D eigenvalue weighted by Gasteiger charge is -2.07. The highest BCUT2D eigenvalue weighted by molar-refractivity contribution is 5.50. The van der Waals surface area contributed by atoms with Crippen molar-refractivity contribution in [1.82, 2.24) is 4.98 Å². The lowest BCUT2D eigenvalue weighted by molar-refractivity contribution is -0.385. The molecular formula is C13H13N3O3. The Morgan fingerprint density at radius 1 is 1.37 bits per heavy atom. The second-order valence-electron chi connectivity index (χ2n) is 3.92. The number of pyridine rings is 1. The van der Waals surface area contributed by atoms with Crippen LogP contribution in [0, 0.1) is 10.1 Å². The van der Waals surface area contributed by atoms with E-state index in [4.69, 9.17) is 10.5 Å². The number of ether oxygens (including phenoxy) is 1.